The number of amides is 2. The van der Waals surface area contributed by atoms with Crippen LogP contribution in [0.25, 0.3) is 0 Å². The molecule has 2 atom stereocenters. The molecule has 0 aromatic heterocycles. The largest absolute Gasteiger partial charge is 0.353 e. The van der Waals surface area contributed by atoms with Crippen molar-refractivity contribution in [2.45, 2.75) is 46.6 Å². The summed E-state index contributed by atoms with van der Waals surface area (Å²) in [5, 5.41) is 2.97. The second-order valence-electron chi connectivity index (χ2n) is 5.99. The Morgan fingerprint density at radius 1 is 1.38 bits per heavy atom. The Labute approximate surface area is 126 Å². The van der Waals surface area contributed by atoms with Crippen molar-refractivity contribution in [1.82, 2.24) is 5.32 Å². The number of carbonyl (C=O) groups is 2. The summed E-state index contributed by atoms with van der Waals surface area (Å²) in [7, 11) is 0. The van der Waals surface area contributed by atoms with Gasteiger partial charge in [0.15, 0.2) is 0 Å². The first-order valence-electron chi connectivity index (χ1n) is 7.60. The van der Waals surface area contributed by atoms with Gasteiger partial charge in [0.05, 0.1) is 5.92 Å². The van der Waals surface area contributed by atoms with Gasteiger partial charge in [0.25, 0.3) is 0 Å². The maximum Gasteiger partial charge on any atom is 0.227 e. The molecule has 0 aliphatic carbocycles. The normalized spacial score (nSPS) is 19.7. The van der Waals surface area contributed by atoms with E-state index in [1.165, 1.54) is 5.56 Å². The summed E-state index contributed by atoms with van der Waals surface area (Å²) in [6, 6.07) is 6.14. The molecule has 4 nitrogen and oxygen atoms in total. The maximum absolute atomic E-state index is 12.2. The van der Waals surface area contributed by atoms with Crippen LogP contribution in [0.5, 0.6) is 0 Å². The molecule has 0 saturated carbocycles. The molecule has 4 heteroatoms. The Morgan fingerprint density at radius 2 is 2.10 bits per heavy atom. The van der Waals surface area contributed by atoms with Crippen molar-refractivity contribution in [3.8, 4) is 0 Å². The summed E-state index contributed by atoms with van der Waals surface area (Å²) in [6.45, 7) is 8.57. The van der Waals surface area contributed by atoms with Crippen LogP contribution in [0.15, 0.2) is 18.2 Å². The first kappa shape index (κ1) is 15.5. The Kier molecular flexibility index (Phi) is 4.66. The highest BCUT2D eigenvalue weighted by atomic mass is 16.2. The average Bonchev–Trinajstić information content (AvgIpc) is 2.84. The fraction of sp³-hybridized carbons (Fsp3) is 0.529. The van der Waals surface area contributed by atoms with Gasteiger partial charge in [0, 0.05) is 24.7 Å². The number of nitrogens with one attached hydrogen (secondary N) is 1. The van der Waals surface area contributed by atoms with Gasteiger partial charge >= 0.3 is 0 Å². The summed E-state index contributed by atoms with van der Waals surface area (Å²) in [4.78, 5) is 26.1. The van der Waals surface area contributed by atoms with Gasteiger partial charge in [-0.3, -0.25) is 9.59 Å². The van der Waals surface area contributed by atoms with Crippen LogP contribution in [0.1, 0.15) is 37.8 Å². The molecule has 114 valence electrons. The molecule has 1 aliphatic heterocycles. The highest BCUT2D eigenvalue weighted by Gasteiger charge is 2.35. The minimum atomic E-state index is -0.242. The molecule has 1 aromatic rings. The zero-order chi connectivity index (χ0) is 15.6. The van der Waals surface area contributed by atoms with Crippen LogP contribution in [0, 0.1) is 19.8 Å². The molecular weight excluding hydrogens is 264 g/mol. The van der Waals surface area contributed by atoms with Gasteiger partial charge in [-0.1, -0.05) is 13.0 Å². The minimum Gasteiger partial charge on any atom is -0.353 e. The Bertz CT molecular complexity index is 554. The van der Waals surface area contributed by atoms with E-state index in [2.05, 4.69) is 5.32 Å². The highest BCUT2D eigenvalue weighted by Crippen LogP contribution is 2.27. The molecule has 0 spiro atoms. The molecule has 0 radical (unpaired) electrons. The van der Waals surface area contributed by atoms with E-state index < -0.39 is 0 Å². The quantitative estimate of drug-likeness (QED) is 0.925. The molecule has 2 amide bonds. The summed E-state index contributed by atoms with van der Waals surface area (Å²) in [5.41, 5.74) is 3.26. The molecule has 1 saturated heterocycles. The van der Waals surface area contributed by atoms with Gasteiger partial charge in [-0.15, -0.1) is 0 Å². The third-order valence-corrected chi connectivity index (χ3v) is 4.30. The van der Waals surface area contributed by atoms with E-state index in [9.17, 15) is 9.59 Å². The SMILES string of the molecule is CC[C@H](C)NC(=O)[C@@H]1CC(=O)N(c2ccc(C)c(C)c2)C1. The second-order valence-corrected chi connectivity index (χ2v) is 5.99. The van der Waals surface area contributed by atoms with Crippen LogP contribution < -0.4 is 10.2 Å². The van der Waals surface area contributed by atoms with Crippen molar-refractivity contribution in [2.75, 3.05) is 11.4 Å². The molecule has 0 unspecified atom stereocenters. The van der Waals surface area contributed by atoms with Crippen molar-refractivity contribution in [3.63, 3.8) is 0 Å². The second kappa shape index (κ2) is 6.29. The van der Waals surface area contributed by atoms with Crippen LogP contribution in [0.2, 0.25) is 0 Å². The Morgan fingerprint density at radius 3 is 2.71 bits per heavy atom. The molecule has 1 aromatic carbocycles. The fourth-order valence-corrected chi connectivity index (χ4v) is 2.49. The van der Waals surface area contributed by atoms with Crippen LogP contribution in [0.3, 0.4) is 0 Å². The number of anilines is 1. The van der Waals surface area contributed by atoms with Crippen molar-refractivity contribution in [1.29, 1.82) is 0 Å². The van der Waals surface area contributed by atoms with E-state index in [1.54, 1.807) is 4.90 Å². The van der Waals surface area contributed by atoms with Gasteiger partial charge in [-0.25, -0.2) is 0 Å². The van der Waals surface area contributed by atoms with Crippen molar-refractivity contribution in [3.05, 3.63) is 29.3 Å². The average molecular weight is 288 g/mol. The van der Waals surface area contributed by atoms with Crippen LogP contribution in [0.4, 0.5) is 5.69 Å². The number of nitrogens with zero attached hydrogens (tertiary/aromatic N) is 1. The Hall–Kier alpha value is -1.84. The molecule has 1 heterocycles. The zero-order valence-electron chi connectivity index (χ0n) is 13.3. The molecule has 1 N–H and O–H groups in total. The Balaban J connectivity index is 2.09. The smallest absolute Gasteiger partial charge is 0.227 e. The van der Waals surface area contributed by atoms with Gasteiger partial charge < -0.3 is 10.2 Å². The van der Waals surface area contributed by atoms with Crippen molar-refractivity contribution in [2.24, 2.45) is 5.92 Å². The summed E-state index contributed by atoms with van der Waals surface area (Å²) >= 11 is 0. The van der Waals surface area contributed by atoms with Gasteiger partial charge in [0.2, 0.25) is 11.8 Å². The van der Waals surface area contributed by atoms with Gasteiger partial charge in [0.1, 0.15) is 0 Å². The van der Waals surface area contributed by atoms with Crippen LogP contribution in [-0.4, -0.2) is 24.4 Å². The summed E-state index contributed by atoms with van der Waals surface area (Å²) in [5.74, 6) is -0.223. The summed E-state index contributed by atoms with van der Waals surface area (Å²) in [6.07, 6.45) is 1.20. The van der Waals surface area contributed by atoms with E-state index in [4.69, 9.17) is 0 Å². The predicted molar refractivity (Wildman–Crippen MR) is 84.3 cm³/mol. The first-order chi connectivity index (χ1) is 9.92. The lowest BCUT2D eigenvalue weighted by Gasteiger charge is -2.19. The lowest BCUT2D eigenvalue weighted by atomic mass is 10.1. The predicted octanol–water partition coefficient (Wildman–Crippen LogP) is 2.57. The summed E-state index contributed by atoms with van der Waals surface area (Å²) < 4.78 is 0. The standard InChI is InChI=1S/C17H24N2O2/c1-5-13(4)18-17(21)14-9-16(20)19(10-14)15-7-6-11(2)12(3)8-15/h6-8,13-14H,5,9-10H2,1-4H3,(H,18,21)/t13-,14+/m0/s1. The third kappa shape index (κ3) is 3.43. The topological polar surface area (TPSA) is 49.4 Å². The lowest BCUT2D eigenvalue weighted by Crippen LogP contribution is -2.38. The number of hydrogen-bond acceptors (Lipinski definition) is 2. The third-order valence-electron chi connectivity index (χ3n) is 4.30. The van der Waals surface area contributed by atoms with Gasteiger partial charge in [-0.05, 0) is 50.5 Å². The monoisotopic (exact) mass is 288 g/mol. The van der Waals surface area contributed by atoms with Crippen LogP contribution in [-0.2, 0) is 9.59 Å². The van der Waals surface area contributed by atoms with Gasteiger partial charge in [-0.2, -0.15) is 0 Å². The van der Waals surface area contributed by atoms with E-state index in [0.29, 0.717) is 13.0 Å². The molecule has 1 aliphatic rings. The van der Waals surface area contributed by atoms with Crippen molar-refractivity contribution < 1.29 is 9.59 Å². The van der Waals surface area contributed by atoms with Crippen molar-refractivity contribution >= 4 is 17.5 Å². The number of aryl methyl sites for hydroxylation is 2. The fourth-order valence-electron chi connectivity index (χ4n) is 2.49. The number of rotatable bonds is 4. The number of hydrogen-bond donors (Lipinski definition) is 1. The minimum absolute atomic E-state index is 0.0102. The highest BCUT2D eigenvalue weighted by molar-refractivity contribution is 6.00. The van der Waals surface area contributed by atoms with E-state index in [-0.39, 0.29) is 23.8 Å². The maximum atomic E-state index is 12.2. The number of carbonyl (C=O) groups excluding carboxylic acids is 2. The zero-order valence-corrected chi connectivity index (χ0v) is 13.3. The molecule has 21 heavy (non-hydrogen) atoms. The van der Waals surface area contributed by atoms with E-state index >= 15 is 0 Å². The van der Waals surface area contributed by atoms with E-state index in [1.807, 2.05) is 45.9 Å². The molecule has 2 rings (SSSR count). The number of benzene rings is 1. The molecule has 1 fully saturated rings. The van der Waals surface area contributed by atoms with Crippen LogP contribution >= 0.6 is 0 Å². The van der Waals surface area contributed by atoms with E-state index in [0.717, 1.165) is 17.7 Å². The molecule has 0 bridgehead atoms. The first-order valence-corrected chi connectivity index (χ1v) is 7.60. The molecular formula is C17H24N2O2. The lowest BCUT2D eigenvalue weighted by molar-refractivity contribution is -0.126.